The molecule has 1 N–H and O–H groups in total. The number of aliphatic imine (C=N–C) groups is 1. The van der Waals surface area contributed by atoms with Crippen LogP contribution in [-0.2, 0) is 0 Å². The number of pyridine rings is 1. The standard InChI is InChI=1S/C15H23N3S/c1-11(12-6-5-8-16-10-12)17-14-18-13(7-9-19-14)15(2,3)4/h5-6,8,10-11,13H,7,9H2,1-4H3,(H,17,18). The summed E-state index contributed by atoms with van der Waals surface area (Å²) in [5, 5.41) is 4.58. The maximum atomic E-state index is 4.87. The average Bonchev–Trinajstić information content (AvgIpc) is 2.39. The Morgan fingerprint density at radius 1 is 1.42 bits per heavy atom. The molecule has 0 saturated heterocycles. The number of thioether (sulfide) groups is 1. The van der Waals surface area contributed by atoms with E-state index in [4.69, 9.17) is 4.99 Å². The lowest BCUT2D eigenvalue weighted by Gasteiger charge is -2.31. The zero-order valence-electron chi connectivity index (χ0n) is 12.2. The van der Waals surface area contributed by atoms with Crippen molar-refractivity contribution in [2.75, 3.05) is 5.75 Å². The Hall–Kier alpha value is -1.03. The van der Waals surface area contributed by atoms with Crippen molar-refractivity contribution in [3.8, 4) is 0 Å². The van der Waals surface area contributed by atoms with Crippen molar-refractivity contribution in [3.63, 3.8) is 0 Å². The molecule has 1 aliphatic heterocycles. The Bertz CT molecular complexity index is 436. The van der Waals surface area contributed by atoms with E-state index in [0.29, 0.717) is 6.04 Å². The Morgan fingerprint density at radius 2 is 2.21 bits per heavy atom. The molecule has 0 aliphatic carbocycles. The van der Waals surface area contributed by atoms with Gasteiger partial charge in [-0.15, -0.1) is 0 Å². The molecule has 19 heavy (non-hydrogen) atoms. The molecule has 0 bridgehead atoms. The van der Waals surface area contributed by atoms with E-state index in [1.165, 1.54) is 12.0 Å². The van der Waals surface area contributed by atoms with Crippen LogP contribution >= 0.6 is 11.8 Å². The van der Waals surface area contributed by atoms with Crippen molar-refractivity contribution in [1.29, 1.82) is 0 Å². The summed E-state index contributed by atoms with van der Waals surface area (Å²) < 4.78 is 0. The molecule has 0 spiro atoms. The molecule has 0 fully saturated rings. The van der Waals surface area contributed by atoms with Gasteiger partial charge in [0, 0.05) is 18.1 Å². The van der Waals surface area contributed by atoms with E-state index in [0.717, 1.165) is 10.9 Å². The lowest BCUT2D eigenvalue weighted by atomic mass is 9.85. The lowest BCUT2D eigenvalue weighted by molar-refractivity contribution is 0.315. The van der Waals surface area contributed by atoms with E-state index in [2.05, 4.69) is 44.1 Å². The van der Waals surface area contributed by atoms with Crippen LogP contribution < -0.4 is 5.32 Å². The second-order valence-corrected chi connectivity index (χ2v) is 7.19. The summed E-state index contributed by atoms with van der Waals surface area (Å²) in [6.45, 7) is 8.94. The number of hydrogen-bond acceptors (Lipinski definition) is 4. The highest BCUT2D eigenvalue weighted by Gasteiger charge is 2.27. The van der Waals surface area contributed by atoms with E-state index in [1.807, 2.05) is 24.0 Å². The minimum absolute atomic E-state index is 0.242. The van der Waals surface area contributed by atoms with Crippen LogP contribution in [0.4, 0.5) is 0 Å². The monoisotopic (exact) mass is 277 g/mol. The van der Waals surface area contributed by atoms with Crippen LogP contribution in [-0.4, -0.2) is 21.9 Å². The molecular formula is C15H23N3S. The first-order valence-corrected chi connectivity index (χ1v) is 7.82. The molecule has 0 radical (unpaired) electrons. The average molecular weight is 277 g/mol. The molecule has 0 saturated carbocycles. The summed E-state index contributed by atoms with van der Waals surface area (Å²) in [7, 11) is 0. The predicted octanol–water partition coefficient (Wildman–Crippen LogP) is 3.64. The van der Waals surface area contributed by atoms with Gasteiger partial charge in [-0.05, 0) is 30.4 Å². The highest BCUT2D eigenvalue weighted by atomic mass is 32.2. The van der Waals surface area contributed by atoms with Gasteiger partial charge in [0.2, 0.25) is 0 Å². The van der Waals surface area contributed by atoms with Gasteiger partial charge >= 0.3 is 0 Å². The molecule has 3 nitrogen and oxygen atoms in total. The predicted molar refractivity (Wildman–Crippen MR) is 83.5 cm³/mol. The second-order valence-electron chi connectivity index (χ2n) is 6.11. The van der Waals surface area contributed by atoms with Crippen LogP contribution in [0.5, 0.6) is 0 Å². The van der Waals surface area contributed by atoms with Gasteiger partial charge in [-0.2, -0.15) is 0 Å². The third-order valence-electron chi connectivity index (χ3n) is 3.43. The van der Waals surface area contributed by atoms with Gasteiger partial charge in [-0.3, -0.25) is 9.98 Å². The van der Waals surface area contributed by atoms with Crippen LogP contribution in [0.3, 0.4) is 0 Å². The number of hydrogen-bond donors (Lipinski definition) is 1. The summed E-state index contributed by atoms with van der Waals surface area (Å²) in [6, 6.07) is 4.73. The Morgan fingerprint density at radius 3 is 2.84 bits per heavy atom. The minimum atomic E-state index is 0.242. The molecule has 4 heteroatoms. The van der Waals surface area contributed by atoms with Crippen LogP contribution in [0.15, 0.2) is 29.5 Å². The number of aromatic nitrogens is 1. The van der Waals surface area contributed by atoms with Crippen molar-refractivity contribution in [3.05, 3.63) is 30.1 Å². The van der Waals surface area contributed by atoms with Crippen LogP contribution in [0.2, 0.25) is 0 Å². The maximum Gasteiger partial charge on any atom is 0.157 e. The first-order valence-electron chi connectivity index (χ1n) is 6.84. The van der Waals surface area contributed by atoms with Gasteiger partial charge in [0.05, 0.1) is 12.1 Å². The van der Waals surface area contributed by atoms with Crippen molar-refractivity contribution in [1.82, 2.24) is 10.3 Å². The van der Waals surface area contributed by atoms with E-state index in [9.17, 15) is 0 Å². The summed E-state index contributed by atoms with van der Waals surface area (Å²) in [5.41, 5.74) is 1.44. The first kappa shape index (κ1) is 14.4. The Labute approximate surface area is 120 Å². The summed E-state index contributed by atoms with van der Waals surface area (Å²) >= 11 is 1.82. The molecule has 1 aliphatic rings. The van der Waals surface area contributed by atoms with E-state index in [1.54, 1.807) is 6.20 Å². The van der Waals surface area contributed by atoms with Gasteiger partial charge in [-0.1, -0.05) is 38.6 Å². The molecule has 104 valence electrons. The van der Waals surface area contributed by atoms with Gasteiger partial charge in [0.15, 0.2) is 5.17 Å². The highest BCUT2D eigenvalue weighted by Crippen LogP contribution is 2.30. The number of nitrogens with one attached hydrogen (secondary N) is 1. The summed E-state index contributed by atoms with van der Waals surface area (Å²) in [6.07, 6.45) is 4.88. The topological polar surface area (TPSA) is 37.3 Å². The largest absolute Gasteiger partial charge is 0.358 e. The lowest BCUT2D eigenvalue weighted by Crippen LogP contribution is -2.34. The van der Waals surface area contributed by atoms with E-state index < -0.39 is 0 Å². The number of amidine groups is 1. The number of nitrogens with zero attached hydrogens (tertiary/aromatic N) is 2. The molecule has 0 aromatic carbocycles. The fourth-order valence-corrected chi connectivity index (χ4v) is 3.11. The summed E-state index contributed by atoms with van der Waals surface area (Å²) in [4.78, 5) is 9.03. The zero-order valence-corrected chi connectivity index (χ0v) is 13.0. The fraction of sp³-hybridized carbons (Fsp3) is 0.600. The highest BCUT2D eigenvalue weighted by molar-refractivity contribution is 8.13. The molecule has 2 rings (SSSR count). The molecular weight excluding hydrogens is 254 g/mol. The van der Waals surface area contributed by atoms with E-state index in [-0.39, 0.29) is 11.5 Å². The van der Waals surface area contributed by atoms with Crippen molar-refractivity contribution in [2.24, 2.45) is 10.4 Å². The molecule has 1 aromatic heterocycles. The van der Waals surface area contributed by atoms with Crippen LogP contribution in [0.1, 0.15) is 45.7 Å². The molecule has 1 aromatic rings. The summed E-state index contributed by atoms with van der Waals surface area (Å²) in [5.74, 6) is 1.15. The van der Waals surface area contributed by atoms with Crippen LogP contribution in [0, 0.1) is 5.41 Å². The van der Waals surface area contributed by atoms with Gasteiger partial charge in [0.25, 0.3) is 0 Å². The maximum absolute atomic E-state index is 4.87. The smallest absolute Gasteiger partial charge is 0.157 e. The van der Waals surface area contributed by atoms with Gasteiger partial charge in [-0.25, -0.2) is 0 Å². The second kappa shape index (κ2) is 5.95. The first-order chi connectivity index (χ1) is 8.97. The van der Waals surface area contributed by atoms with Crippen molar-refractivity contribution < 1.29 is 0 Å². The van der Waals surface area contributed by atoms with E-state index >= 15 is 0 Å². The van der Waals surface area contributed by atoms with Crippen molar-refractivity contribution >= 4 is 16.9 Å². The minimum Gasteiger partial charge on any atom is -0.358 e. The zero-order chi connectivity index (χ0) is 13.9. The van der Waals surface area contributed by atoms with Crippen molar-refractivity contribution in [2.45, 2.75) is 46.2 Å². The Balaban J connectivity index is 2.04. The molecule has 2 atom stereocenters. The van der Waals surface area contributed by atoms with Gasteiger partial charge in [0.1, 0.15) is 0 Å². The van der Waals surface area contributed by atoms with Crippen LogP contribution in [0.25, 0.3) is 0 Å². The fourth-order valence-electron chi connectivity index (χ4n) is 2.12. The molecule has 2 heterocycles. The molecule has 2 unspecified atom stereocenters. The third kappa shape index (κ3) is 3.96. The Kier molecular flexibility index (Phi) is 4.50. The number of rotatable bonds is 2. The molecule has 0 amide bonds. The quantitative estimate of drug-likeness (QED) is 0.896. The van der Waals surface area contributed by atoms with Gasteiger partial charge < -0.3 is 5.32 Å². The SMILES string of the molecule is CC(NC1=NC(C(C)(C)C)CCS1)c1cccnc1. The normalized spacial score (nSPS) is 21.7. The third-order valence-corrected chi connectivity index (χ3v) is 4.36.